The largest absolute Gasteiger partial charge is 0.455 e. The van der Waals surface area contributed by atoms with E-state index in [0.717, 1.165) is 60.9 Å². The van der Waals surface area contributed by atoms with Gasteiger partial charge in [0.05, 0.1) is 23.3 Å². The SMILES string of the molecule is C=C(/C=C\C(=C/C)c1nc(-c2ccccc2)nc(-c2ccccc2)n1)c1cccc2oc3c(-c4cccc(C#N)c4)cc(-c4cccc(C#N)c4)cc3c12. The van der Waals surface area contributed by atoms with Crippen LogP contribution in [0.4, 0.5) is 0 Å². The monoisotopic (exact) mass is 693 g/mol. The van der Waals surface area contributed by atoms with Crippen LogP contribution in [0.25, 0.3) is 78.1 Å². The van der Waals surface area contributed by atoms with Crippen LogP contribution >= 0.6 is 0 Å². The van der Waals surface area contributed by atoms with Crippen LogP contribution in [0.15, 0.2) is 169 Å². The Morgan fingerprint density at radius 3 is 1.83 bits per heavy atom. The number of benzene rings is 6. The van der Waals surface area contributed by atoms with Crippen LogP contribution in [0.2, 0.25) is 0 Å². The van der Waals surface area contributed by atoms with Crippen LogP contribution in [0.5, 0.6) is 0 Å². The molecule has 2 aromatic heterocycles. The molecule has 0 saturated heterocycles. The van der Waals surface area contributed by atoms with Crippen molar-refractivity contribution in [3.05, 3.63) is 187 Å². The van der Waals surface area contributed by atoms with Crippen LogP contribution in [-0.2, 0) is 0 Å². The molecule has 0 fully saturated rings. The molecule has 6 nitrogen and oxygen atoms in total. The molecule has 0 radical (unpaired) electrons. The molecule has 0 atom stereocenters. The van der Waals surface area contributed by atoms with Crippen LogP contribution in [0, 0.1) is 22.7 Å². The second-order valence-corrected chi connectivity index (χ2v) is 12.7. The molecular formula is C48H31N5O. The van der Waals surface area contributed by atoms with Gasteiger partial charge in [0.2, 0.25) is 0 Å². The summed E-state index contributed by atoms with van der Waals surface area (Å²) in [5.74, 6) is 1.73. The van der Waals surface area contributed by atoms with Gasteiger partial charge < -0.3 is 4.42 Å². The molecule has 0 bridgehead atoms. The first-order valence-corrected chi connectivity index (χ1v) is 17.4. The fraction of sp³-hybridized carbons (Fsp3) is 0.0208. The minimum absolute atomic E-state index is 0.551. The molecule has 0 aliphatic carbocycles. The fourth-order valence-corrected chi connectivity index (χ4v) is 6.62. The van der Waals surface area contributed by atoms with E-state index in [1.165, 1.54) is 0 Å². The molecule has 8 rings (SSSR count). The van der Waals surface area contributed by atoms with Crippen molar-refractivity contribution in [2.24, 2.45) is 0 Å². The Hall–Kier alpha value is -7.67. The molecule has 0 unspecified atom stereocenters. The van der Waals surface area contributed by atoms with Crippen molar-refractivity contribution in [1.82, 2.24) is 15.0 Å². The minimum atomic E-state index is 0.551. The molecule has 0 amide bonds. The second kappa shape index (κ2) is 14.5. The Balaban J connectivity index is 1.25. The standard InChI is InChI=1S/C48H31N5O/c1-3-34(46-51-47(35-15-6-4-7-16-35)53-48(52-46)36-17-8-5-9-18-36)24-23-31(2)40-21-12-22-43-44(40)42-28-39(37-19-10-13-32(25-37)29-49)27-41(45(42)54-43)38-20-11-14-33(26-38)30-50/h3-28H,2H2,1H3/b24-23-,34-3+. The van der Waals surface area contributed by atoms with Gasteiger partial charge in [0.1, 0.15) is 11.2 Å². The summed E-state index contributed by atoms with van der Waals surface area (Å²) < 4.78 is 6.63. The van der Waals surface area contributed by atoms with Crippen LogP contribution in [0.1, 0.15) is 29.4 Å². The summed E-state index contributed by atoms with van der Waals surface area (Å²) in [5, 5.41) is 21.2. The van der Waals surface area contributed by atoms with Crippen molar-refractivity contribution < 1.29 is 4.42 Å². The van der Waals surface area contributed by atoms with E-state index < -0.39 is 0 Å². The molecule has 2 heterocycles. The van der Waals surface area contributed by atoms with Gasteiger partial charge in [-0.05, 0) is 77.2 Å². The quantitative estimate of drug-likeness (QED) is 0.147. The van der Waals surface area contributed by atoms with Gasteiger partial charge in [-0.25, -0.2) is 15.0 Å². The van der Waals surface area contributed by atoms with Crippen molar-refractivity contribution >= 4 is 33.1 Å². The number of hydrogen-bond donors (Lipinski definition) is 0. The fourth-order valence-electron chi connectivity index (χ4n) is 6.62. The Kier molecular flexibility index (Phi) is 9.00. The summed E-state index contributed by atoms with van der Waals surface area (Å²) in [6.07, 6.45) is 5.95. The number of hydrogen-bond acceptors (Lipinski definition) is 6. The van der Waals surface area contributed by atoms with Crippen LogP contribution < -0.4 is 0 Å². The minimum Gasteiger partial charge on any atom is -0.455 e. The summed E-state index contributed by atoms with van der Waals surface area (Å²) in [4.78, 5) is 14.7. The zero-order valence-corrected chi connectivity index (χ0v) is 29.4. The lowest BCUT2D eigenvalue weighted by atomic mass is 9.93. The van der Waals surface area contributed by atoms with E-state index in [2.05, 4.69) is 30.9 Å². The van der Waals surface area contributed by atoms with Crippen LogP contribution in [-0.4, -0.2) is 15.0 Å². The van der Waals surface area contributed by atoms with Gasteiger partial charge in [-0.2, -0.15) is 10.5 Å². The highest BCUT2D eigenvalue weighted by molar-refractivity contribution is 6.15. The molecule has 6 aromatic carbocycles. The Bertz CT molecular complexity index is 2810. The molecule has 8 aromatic rings. The van der Waals surface area contributed by atoms with E-state index in [1.807, 2.05) is 140 Å². The average Bonchev–Trinajstić information content (AvgIpc) is 3.63. The Morgan fingerprint density at radius 1 is 0.611 bits per heavy atom. The first kappa shape index (κ1) is 33.5. The smallest absolute Gasteiger partial charge is 0.164 e. The van der Waals surface area contributed by atoms with Gasteiger partial charge in [0, 0.05) is 33.0 Å². The third-order valence-electron chi connectivity index (χ3n) is 9.30. The predicted octanol–water partition coefficient (Wildman–Crippen LogP) is 11.9. The van der Waals surface area contributed by atoms with Crippen molar-refractivity contribution in [3.8, 4) is 57.2 Å². The number of allylic oxidation sites excluding steroid dienone is 5. The molecule has 6 heteroatoms. The molecule has 54 heavy (non-hydrogen) atoms. The Morgan fingerprint density at radius 2 is 1.20 bits per heavy atom. The lowest BCUT2D eigenvalue weighted by Crippen LogP contribution is -2.02. The van der Waals surface area contributed by atoms with Gasteiger partial charge in [-0.3, -0.25) is 0 Å². The van der Waals surface area contributed by atoms with E-state index in [0.29, 0.717) is 39.8 Å². The summed E-state index contributed by atoms with van der Waals surface area (Å²) in [6, 6.07) is 49.5. The number of furan rings is 1. The maximum absolute atomic E-state index is 9.70. The summed E-state index contributed by atoms with van der Waals surface area (Å²) >= 11 is 0. The molecule has 254 valence electrons. The highest BCUT2D eigenvalue weighted by Crippen LogP contribution is 2.42. The maximum Gasteiger partial charge on any atom is 0.164 e. The van der Waals surface area contributed by atoms with Gasteiger partial charge in [0.15, 0.2) is 17.5 Å². The van der Waals surface area contributed by atoms with Gasteiger partial charge in [-0.15, -0.1) is 0 Å². The summed E-state index contributed by atoms with van der Waals surface area (Å²) in [6.45, 7) is 6.48. The zero-order valence-electron chi connectivity index (χ0n) is 29.4. The number of nitriles is 2. The van der Waals surface area contributed by atoms with E-state index in [4.69, 9.17) is 19.4 Å². The van der Waals surface area contributed by atoms with Crippen molar-refractivity contribution in [2.45, 2.75) is 6.92 Å². The van der Waals surface area contributed by atoms with Gasteiger partial charge >= 0.3 is 0 Å². The maximum atomic E-state index is 9.70. The number of aromatic nitrogens is 3. The first-order chi connectivity index (χ1) is 26.5. The third-order valence-corrected chi connectivity index (χ3v) is 9.30. The molecule has 0 aliphatic rings. The number of rotatable bonds is 8. The van der Waals surface area contributed by atoms with Crippen molar-refractivity contribution in [1.29, 1.82) is 10.5 Å². The topological polar surface area (TPSA) is 99.4 Å². The highest BCUT2D eigenvalue weighted by Gasteiger charge is 2.19. The molecule has 0 spiro atoms. The first-order valence-electron chi connectivity index (χ1n) is 17.4. The van der Waals surface area contributed by atoms with Crippen LogP contribution in [0.3, 0.4) is 0 Å². The summed E-state index contributed by atoms with van der Waals surface area (Å²) in [5.41, 5.74) is 10.4. The lowest BCUT2D eigenvalue weighted by molar-refractivity contribution is 0.670. The summed E-state index contributed by atoms with van der Waals surface area (Å²) in [7, 11) is 0. The van der Waals surface area contributed by atoms with Gasteiger partial charge in [-0.1, -0.05) is 122 Å². The third kappa shape index (κ3) is 6.48. The van der Waals surface area contributed by atoms with E-state index in [1.54, 1.807) is 12.1 Å². The lowest BCUT2D eigenvalue weighted by Gasteiger charge is -2.10. The molecule has 0 saturated carbocycles. The molecule has 0 aliphatic heterocycles. The normalized spacial score (nSPS) is 11.5. The molecular weight excluding hydrogens is 663 g/mol. The Labute approximate surface area is 313 Å². The van der Waals surface area contributed by atoms with E-state index >= 15 is 0 Å². The van der Waals surface area contributed by atoms with E-state index in [-0.39, 0.29) is 0 Å². The highest BCUT2D eigenvalue weighted by atomic mass is 16.3. The molecule has 0 N–H and O–H groups in total. The van der Waals surface area contributed by atoms with E-state index in [9.17, 15) is 10.5 Å². The zero-order chi connectivity index (χ0) is 37.0. The number of fused-ring (bicyclic) bond motifs is 3. The van der Waals surface area contributed by atoms with Gasteiger partial charge in [0.25, 0.3) is 0 Å². The average molecular weight is 694 g/mol. The number of nitrogens with zero attached hydrogens (tertiary/aromatic N) is 5. The van der Waals surface area contributed by atoms with Crippen molar-refractivity contribution in [2.75, 3.05) is 0 Å². The van der Waals surface area contributed by atoms with Crippen molar-refractivity contribution in [3.63, 3.8) is 0 Å². The second-order valence-electron chi connectivity index (χ2n) is 12.7. The predicted molar refractivity (Wildman–Crippen MR) is 217 cm³/mol.